The average molecular weight is 467 g/mol. The van der Waals surface area contributed by atoms with Crippen molar-refractivity contribution in [2.75, 3.05) is 6.79 Å². The molecule has 4 aromatic rings. The molecule has 0 saturated heterocycles. The van der Waals surface area contributed by atoms with E-state index in [1.165, 1.54) is 10.8 Å². The van der Waals surface area contributed by atoms with Crippen molar-refractivity contribution < 1.29 is 14.6 Å². The van der Waals surface area contributed by atoms with Gasteiger partial charge in [-0.05, 0) is 42.0 Å². The highest BCUT2D eigenvalue weighted by Gasteiger charge is 2.18. The van der Waals surface area contributed by atoms with Crippen LogP contribution in [-0.4, -0.2) is 22.7 Å². The first-order valence-electron chi connectivity index (χ1n) is 9.73. The number of halogens is 2. The number of aliphatic imine (C=N–C) groups is 1. The van der Waals surface area contributed by atoms with Gasteiger partial charge in [-0.2, -0.15) is 0 Å². The fourth-order valence-electron chi connectivity index (χ4n) is 3.63. The summed E-state index contributed by atoms with van der Waals surface area (Å²) < 4.78 is 12.1. The first-order valence-corrected chi connectivity index (χ1v) is 10.5. The van der Waals surface area contributed by atoms with Crippen LogP contribution < -0.4 is 15.0 Å². The summed E-state index contributed by atoms with van der Waals surface area (Å²) in [6.07, 6.45) is 1.50. The normalized spacial score (nSPS) is 12.7. The Kier molecular flexibility index (Phi) is 5.25. The Bertz CT molecular complexity index is 1450. The van der Waals surface area contributed by atoms with E-state index in [4.69, 9.17) is 32.7 Å². The molecular weight excluding hydrogens is 451 g/mol. The topological polar surface area (TPSA) is 73.0 Å². The molecule has 0 fully saturated rings. The molecule has 0 bridgehead atoms. The summed E-state index contributed by atoms with van der Waals surface area (Å²) in [5.41, 5.74) is 1.38. The van der Waals surface area contributed by atoms with Gasteiger partial charge in [0.05, 0.1) is 22.8 Å². The minimum atomic E-state index is -0.308. The first kappa shape index (κ1) is 20.4. The third-order valence-corrected chi connectivity index (χ3v) is 5.75. The van der Waals surface area contributed by atoms with Crippen molar-refractivity contribution in [1.82, 2.24) is 4.57 Å². The molecule has 0 spiro atoms. The van der Waals surface area contributed by atoms with Gasteiger partial charge in [0.2, 0.25) is 12.7 Å². The highest BCUT2D eigenvalue weighted by molar-refractivity contribution is 6.36. The molecule has 1 aromatic heterocycles. The van der Waals surface area contributed by atoms with E-state index in [1.54, 1.807) is 54.6 Å². The second kappa shape index (κ2) is 8.22. The number of aromatic hydroxyl groups is 1. The highest BCUT2D eigenvalue weighted by atomic mass is 35.5. The molecule has 1 aliphatic heterocycles. The highest BCUT2D eigenvalue weighted by Crippen LogP contribution is 2.33. The summed E-state index contributed by atoms with van der Waals surface area (Å²) >= 11 is 12.2. The molecule has 1 aliphatic rings. The zero-order valence-electron chi connectivity index (χ0n) is 16.6. The number of nitrogens with zero attached hydrogens (tertiary/aromatic N) is 2. The molecule has 0 unspecified atom stereocenters. The molecule has 0 radical (unpaired) electrons. The van der Waals surface area contributed by atoms with E-state index in [1.807, 2.05) is 6.07 Å². The zero-order chi connectivity index (χ0) is 22.2. The van der Waals surface area contributed by atoms with E-state index < -0.39 is 0 Å². The molecule has 32 heavy (non-hydrogen) atoms. The second-order valence-corrected chi connectivity index (χ2v) is 8.06. The Morgan fingerprint density at radius 1 is 1.00 bits per heavy atom. The van der Waals surface area contributed by atoms with Crippen molar-refractivity contribution in [3.8, 4) is 17.4 Å². The van der Waals surface area contributed by atoms with E-state index in [0.717, 1.165) is 5.56 Å². The first-order chi connectivity index (χ1) is 15.5. The fourth-order valence-corrected chi connectivity index (χ4v) is 4.09. The minimum Gasteiger partial charge on any atom is -0.494 e. The van der Waals surface area contributed by atoms with Gasteiger partial charge < -0.3 is 14.6 Å². The third-order valence-electron chi connectivity index (χ3n) is 5.21. The molecule has 2 heterocycles. The number of hydrogen-bond acceptors (Lipinski definition) is 5. The number of hydrogen-bond donors (Lipinski definition) is 1. The zero-order valence-corrected chi connectivity index (χ0v) is 18.1. The largest absolute Gasteiger partial charge is 0.494 e. The Morgan fingerprint density at radius 3 is 2.59 bits per heavy atom. The molecule has 0 saturated carbocycles. The molecule has 160 valence electrons. The van der Waals surface area contributed by atoms with Crippen LogP contribution in [0.1, 0.15) is 11.1 Å². The molecule has 8 heteroatoms. The predicted molar refractivity (Wildman–Crippen MR) is 125 cm³/mol. The second-order valence-electron chi connectivity index (χ2n) is 7.22. The summed E-state index contributed by atoms with van der Waals surface area (Å²) in [5, 5.41) is 13.0. The van der Waals surface area contributed by atoms with Crippen LogP contribution in [-0.2, 0) is 6.54 Å². The quantitative estimate of drug-likeness (QED) is 0.400. The Labute approximate surface area is 192 Å². The molecule has 0 aliphatic carbocycles. The lowest BCUT2D eigenvalue weighted by Gasteiger charge is -2.14. The van der Waals surface area contributed by atoms with Crippen molar-refractivity contribution in [3.05, 3.63) is 92.2 Å². The number of aromatic nitrogens is 1. The van der Waals surface area contributed by atoms with Crippen LogP contribution in [0.3, 0.4) is 0 Å². The van der Waals surface area contributed by atoms with Crippen LogP contribution in [0, 0.1) is 0 Å². The third kappa shape index (κ3) is 3.68. The summed E-state index contributed by atoms with van der Waals surface area (Å²) in [6, 6.07) is 17.4. The number of rotatable bonds is 4. The van der Waals surface area contributed by atoms with E-state index >= 15 is 0 Å². The maximum atomic E-state index is 13.2. The van der Waals surface area contributed by atoms with E-state index in [2.05, 4.69) is 4.99 Å². The fraction of sp³-hybridized carbons (Fsp3) is 0.0833. The molecule has 6 nitrogen and oxygen atoms in total. The van der Waals surface area contributed by atoms with Crippen molar-refractivity contribution in [2.24, 2.45) is 4.99 Å². The maximum absolute atomic E-state index is 13.2. The smallest absolute Gasteiger partial charge is 0.261 e. The van der Waals surface area contributed by atoms with Crippen LogP contribution >= 0.6 is 23.2 Å². The van der Waals surface area contributed by atoms with Gasteiger partial charge in [-0.1, -0.05) is 47.5 Å². The Morgan fingerprint density at radius 2 is 1.78 bits per heavy atom. The van der Waals surface area contributed by atoms with E-state index in [9.17, 15) is 9.90 Å². The van der Waals surface area contributed by atoms with Crippen molar-refractivity contribution in [1.29, 1.82) is 0 Å². The van der Waals surface area contributed by atoms with Gasteiger partial charge in [0.25, 0.3) is 5.56 Å². The van der Waals surface area contributed by atoms with Crippen LogP contribution in [0.4, 0.5) is 5.69 Å². The molecule has 0 atom stereocenters. The van der Waals surface area contributed by atoms with Crippen molar-refractivity contribution in [3.63, 3.8) is 0 Å². The van der Waals surface area contributed by atoms with Crippen LogP contribution in [0.15, 0.2) is 70.5 Å². The van der Waals surface area contributed by atoms with Gasteiger partial charge in [-0.25, -0.2) is 0 Å². The molecule has 0 amide bonds. The number of benzene rings is 3. The van der Waals surface area contributed by atoms with Crippen molar-refractivity contribution >= 4 is 45.9 Å². The van der Waals surface area contributed by atoms with Gasteiger partial charge in [-0.15, -0.1) is 0 Å². The number of fused-ring (bicyclic) bond motifs is 2. The van der Waals surface area contributed by atoms with Gasteiger partial charge in [0.15, 0.2) is 11.5 Å². The minimum absolute atomic E-state index is 0.148. The maximum Gasteiger partial charge on any atom is 0.261 e. The lowest BCUT2D eigenvalue weighted by molar-refractivity contribution is 0.174. The van der Waals surface area contributed by atoms with Gasteiger partial charge in [0.1, 0.15) is 0 Å². The van der Waals surface area contributed by atoms with Gasteiger partial charge in [0, 0.05) is 22.0 Å². The van der Waals surface area contributed by atoms with E-state index in [0.29, 0.717) is 43.6 Å². The van der Waals surface area contributed by atoms with E-state index in [-0.39, 0.29) is 24.8 Å². The number of ether oxygens (including phenoxy) is 2. The van der Waals surface area contributed by atoms with Gasteiger partial charge in [-0.3, -0.25) is 14.4 Å². The summed E-state index contributed by atoms with van der Waals surface area (Å²) in [7, 11) is 0. The Hall–Kier alpha value is -3.48. The molecule has 5 rings (SSSR count). The Balaban J connectivity index is 1.63. The number of pyridine rings is 1. The average Bonchev–Trinajstić information content (AvgIpc) is 3.26. The lowest BCUT2D eigenvalue weighted by atomic mass is 10.1. The molecular formula is C24H16Cl2N2O4. The molecule has 3 aromatic carbocycles. The van der Waals surface area contributed by atoms with Crippen LogP contribution in [0.25, 0.3) is 10.8 Å². The standard InChI is InChI=1S/C24H16Cl2N2O4/c25-15-6-7-20(19(26)10-15)27-11-18-16-3-1-2-4-17(16)23(29)28(24(18)30)12-14-5-8-21-22(9-14)32-13-31-21/h1-11,30H,12-13H2. The molecule has 1 N–H and O–H groups in total. The van der Waals surface area contributed by atoms with Crippen LogP contribution in [0.2, 0.25) is 10.0 Å². The lowest BCUT2D eigenvalue weighted by Crippen LogP contribution is -2.22. The summed E-state index contributed by atoms with van der Waals surface area (Å²) in [6.45, 7) is 0.308. The monoisotopic (exact) mass is 466 g/mol. The SMILES string of the molecule is O=c1c2ccccc2c(C=Nc2ccc(Cl)cc2Cl)c(O)n1Cc1ccc2c(c1)OCO2. The summed E-state index contributed by atoms with van der Waals surface area (Å²) in [5.74, 6) is 1.06. The predicted octanol–water partition coefficient (Wildman–Crippen LogP) is 5.54. The summed E-state index contributed by atoms with van der Waals surface area (Å²) in [4.78, 5) is 17.6. The van der Waals surface area contributed by atoms with Crippen LogP contribution in [0.5, 0.6) is 17.4 Å². The van der Waals surface area contributed by atoms with Gasteiger partial charge >= 0.3 is 0 Å². The van der Waals surface area contributed by atoms with Crippen molar-refractivity contribution in [2.45, 2.75) is 6.54 Å².